The Morgan fingerprint density at radius 3 is 2.27 bits per heavy atom. The molecule has 0 aliphatic carbocycles. The van der Waals surface area contributed by atoms with Crippen LogP contribution in [0.2, 0.25) is 0 Å². The van der Waals surface area contributed by atoms with Crippen LogP contribution in [-0.4, -0.2) is 12.7 Å². The predicted octanol–water partition coefficient (Wildman–Crippen LogP) is 5.94. The number of nitrogens with one attached hydrogen (secondary N) is 1. The zero-order chi connectivity index (χ0) is 16.0. The minimum atomic E-state index is -0.370. The first kappa shape index (κ1) is 18.5. The van der Waals surface area contributed by atoms with E-state index in [1.54, 1.807) is 0 Å². The van der Waals surface area contributed by atoms with Crippen molar-refractivity contribution in [1.29, 1.82) is 0 Å². The number of hydrogen-bond donors (Lipinski definition) is 1. The highest BCUT2D eigenvalue weighted by Gasteiger charge is 2.06. The van der Waals surface area contributed by atoms with Gasteiger partial charge in [0.05, 0.1) is 6.61 Å². The molecule has 1 aromatic rings. The van der Waals surface area contributed by atoms with Gasteiger partial charge in [0, 0.05) is 5.69 Å². The highest BCUT2D eigenvalue weighted by atomic mass is 16.5. The number of rotatable bonds is 11. The Labute approximate surface area is 135 Å². The molecule has 0 aromatic heterocycles. The monoisotopic (exact) mass is 305 g/mol. The molecule has 1 amide bonds. The Bertz CT molecular complexity index is 418. The summed E-state index contributed by atoms with van der Waals surface area (Å²) in [6.07, 6.45) is 11.2. The van der Waals surface area contributed by atoms with Crippen molar-refractivity contribution in [1.82, 2.24) is 0 Å². The number of anilines is 1. The number of unbranched alkanes of at least 4 members (excludes halogenated alkanes) is 7. The second-order valence-corrected chi connectivity index (χ2v) is 5.73. The number of benzene rings is 1. The summed E-state index contributed by atoms with van der Waals surface area (Å²) in [5.41, 5.74) is 2.07. The van der Waals surface area contributed by atoms with Crippen molar-refractivity contribution in [2.75, 3.05) is 11.9 Å². The lowest BCUT2D eigenvalue weighted by Crippen LogP contribution is -2.14. The molecule has 1 rings (SSSR count). The van der Waals surface area contributed by atoms with Crippen molar-refractivity contribution in [3.63, 3.8) is 0 Å². The quantitative estimate of drug-likeness (QED) is 0.514. The molecule has 3 heteroatoms. The molecule has 0 atom stereocenters. The number of carbonyl (C=O) groups excluding carboxylic acids is 1. The standard InChI is InChI=1S/C19H31NO2/c1-3-5-6-7-8-9-10-11-14-17-15-12-13-16-18(17)20-19(21)22-4-2/h12-13,15-16H,3-11,14H2,1-2H3,(H,20,21). The predicted molar refractivity (Wildman–Crippen MR) is 93.4 cm³/mol. The first-order chi connectivity index (χ1) is 10.8. The topological polar surface area (TPSA) is 38.3 Å². The minimum absolute atomic E-state index is 0.370. The number of carbonyl (C=O) groups is 1. The van der Waals surface area contributed by atoms with Gasteiger partial charge in [-0.2, -0.15) is 0 Å². The van der Waals surface area contributed by atoms with Gasteiger partial charge in [-0.25, -0.2) is 4.79 Å². The zero-order valence-corrected chi connectivity index (χ0v) is 14.2. The van der Waals surface area contributed by atoms with E-state index in [0.717, 1.165) is 12.1 Å². The van der Waals surface area contributed by atoms with Crippen LogP contribution in [0.25, 0.3) is 0 Å². The van der Waals surface area contributed by atoms with Crippen LogP contribution >= 0.6 is 0 Å². The molecule has 0 unspecified atom stereocenters. The molecular formula is C19H31NO2. The van der Waals surface area contributed by atoms with Crippen molar-refractivity contribution < 1.29 is 9.53 Å². The summed E-state index contributed by atoms with van der Waals surface area (Å²) in [4.78, 5) is 11.5. The molecule has 0 spiro atoms. The Morgan fingerprint density at radius 1 is 0.955 bits per heavy atom. The van der Waals surface area contributed by atoms with Crippen LogP contribution in [0.1, 0.15) is 70.8 Å². The van der Waals surface area contributed by atoms with Crippen LogP contribution in [0.5, 0.6) is 0 Å². The van der Waals surface area contributed by atoms with Gasteiger partial charge in [-0.05, 0) is 31.4 Å². The second kappa shape index (κ2) is 12.1. The molecule has 0 aliphatic heterocycles. The Hall–Kier alpha value is -1.51. The summed E-state index contributed by atoms with van der Waals surface area (Å²) in [6, 6.07) is 8.00. The maximum absolute atomic E-state index is 11.5. The molecule has 0 aliphatic rings. The van der Waals surface area contributed by atoms with Crippen LogP contribution in [0.3, 0.4) is 0 Å². The lowest BCUT2D eigenvalue weighted by atomic mass is 10.0. The largest absolute Gasteiger partial charge is 0.450 e. The zero-order valence-electron chi connectivity index (χ0n) is 14.2. The van der Waals surface area contributed by atoms with Crippen LogP contribution in [0.15, 0.2) is 24.3 Å². The van der Waals surface area contributed by atoms with Crippen molar-refractivity contribution in [3.8, 4) is 0 Å². The fraction of sp³-hybridized carbons (Fsp3) is 0.632. The Kier molecular flexibility index (Phi) is 10.2. The van der Waals surface area contributed by atoms with E-state index < -0.39 is 0 Å². The normalized spacial score (nSPS) is 10.5. The molecule has 0 saturated heterocycles. The lowest BCUT2D eigenvalue weighted by Gasteiger charge is -2.10. The van der Waals surface area contributed by atoms with Crippen molar-refractivity contribution >= 4 is 11.8 Å². The molecule has 0 radical (unpaired) electrons. The van der Waals surface area contributed by atoms with Gasteiger partial charge in [-0.3, -0.25) is 5.32 Å². The van der Waals surface area contributed by atoms with E-state index >= 15 is 0 Å². The van der Waals surface area contributed by atoms with Gasteiger partial charge >= 0.3 is 6.09 Å². The van der Waals surface area contributed by atoms with Gasteiger partial charge in [0.25, 0.3) is 0 Å². The van der Waals surface area contributed by atoms with E-state index in [2.05, 4.69) is 18.3 Å². The molecule has 0 bridgehead atoms. The van der Waals surface area contributed by atoms with Crippen molar-refractivity contribution in [2.24, 2.45) is 0 Å². The first-order valence-electron chi connectivity index (χ1n) is 8.79. The van der Waals surface area contributed by atoms with Crippen molar-refractivity contribution in [3.05, 3.63) is 29.8 Å². The summed E-state index contributed by atoms with van der Waals surface area (Å²) in [5.74, 6) is 0. The van der Waals surface area contributed by atoms with Crippen LogP contribution < -0.4 is 5.32 Å². The highest BCUT2D eigenvalue weighted by molar-refractivity contribution is 5.85. The summed E-state index contributed by atoms with van der Waals surface area (Å²) in [7, 11) is 0. The van der Waals surface area contributed by atoms with Crippen molar-refractivity contribution in [2.45, 2.75) is 71.6 Å². The lowest BCUT2D eigenvalue weighted by molar-refractivity contribution is 0.168. The number of hydrogen-bond acceptors (Lipinski definition) is 2. The molecule has 124 valence electrons. The summed E-state index contributed by atoms with van der Waals surface area (Å²) in [6.45, 7) is 4.46. The molecule has 0 fully saturated rings. The van der Waals surface area contributed by atoms with Gasteiger partial charge < -0.3 is 4.74 Å². The third kappa shape index (κ3) is 8.06. The maximum atomic E-state index is 11.5. The summed E-state index contributed by atoms with van der Waals surface area (Å²) < 4.78 is 4.94. The van der Waals surface area contributed by atoms with E-state index in [-0.39, 0.29) is 6.09 Å². The van der Waals surface area contributed by atoms with Crippen LogP contribution in [-0.2, 0) is 11.2 Å². The first-order valence-corrected chi connectivity index (χ1v) is 8.79. The third-order valence-corrected chi connectivity index (χ3v) is 3.83. The summed E-state index contributed by atoms with van der Waals surface area (Å²) >= 11 is 0. The van der Waals surface area contributed by atoms with Crippen LogP contribution in [0, 0.1) is 0 Å². The maximum Gasteiger partial charge on any atom is 0.411 e. The molecule has 3 nitrogen and oxygen atoms in total. The molecule has 0 saturated carbocycles. The Morgan fingerprint density at radius 2 is 1.59 bits per heavy atom. The molecule has 0 heterocycles. The number of amides is 1. The average Bonchev–Trinajstić information content (AvgIpc) is 2.51. The number of ether oxygens (including phenoxy) is 1. The van der Waals surface area contributed by atoms with Gasteiger partial charge in [0.15, 0.2) is 0 Å². The molecule has 1 N–H and O–H groups in total. The SMILES string of the molecule is CCCCCCCCCCc1ccccc1NC(=O)OCC. The van der Waals surface area contributed by atoms with E-state index in [9.17, 15) is 4.79 Å². The van der Waals surface area contributed by atoms with Gasteiger partial charge in [-0.1, -0.05) is 70.1 Å². The van der Waals surface area contributed by atoms with Gasteiger partial charge in [0.1, 0.15) is 0 Å². The number of para-hydroxylation sites is 1. The van der Waals surface area contributed by atoms with E-state index in [1.807, 2.05) is 25.1 Å². The average molecular weight is 305 g/mol. The highest BCUT2D eigenvalue weighted by Crippen LogP contribution is 2.19. The van der Waals surface area contributed by atoms with Gasteiger partial charge in [-0.15, -0.1) is 0 Å². The smallest absolute Gasteiger partial charge is 0.411 e. The van der Waals surface area contributed by atoms with Crippen LogP contribution in [0.4, 0.5) is 10.5 Å². The van der Waals surface area contributed by atoms with Gasteiger partial charge in [0.2, 0.25) is 0 Å². The summed E-state index contributed by atoms with van der Waals surface area (Å²) in [5, 5.41) is 2.83. The molecular weight excluding hydrogens is 274 g/mol. The fourth-order valence-electron chi connectivity index (χ4n) is 2.59. The van der Waals surface area contributed by atoms with E-state index in [4.69, 9.17) is 4.74 Å². The molecule has 1 aromatic carbocycles. The number of aryl methyl sites for hydroxylation is 1. The third-order valence-electron chi connectivity index (χ3n) is 3.83. The van der Waals surface area contributed by atoms with E-state index in [0.29, 0.717) is 6.61 Å². The second-order valence-electron chi connectivity index (χ2n) is 5.73. The van der Waals surface area contributed by atoms with E-state index in [1.165, 1.54) is 56.9 Å². The fourth-order valence-corrected chi connectivity index (χ4v) is 2.59. The minimum Gasteiger partial charge on any atom is -0.450 e. The Balaban J connectivity index is 2.26. The molecule has 22 heavy (non-hydrogen) atoms.